The second-order valence-corrected chi connectivity index (χ2v) is 5.79. The fourth-order valence-corrected chi connectivity index (χ4v) is 1.98. The predicted octanol–water partition coefficient (Wildman–Crippen LogP) is 2.60. The molecule has 1 amide bonds. The molecule has 0 radical (unpaired) electrons. The summed E-state index contributed by atoms with van der Waals surface area (Å²) < 4.78 is 0.917. The van der Waals surface area contributed by atoms with E-state index >= 15 is 0 Å². The third-order valence-electron chi connectivity index (χ3n) is 2.39. The summed E-state index contributed by atoms with van der Waals surface area (Å²) >= 11 is 3.40. The third-order valence-corrected chi connectivity index (χ3v) is 3.24. The summed E-state index contributed by atoms with van der Waals surface area (Å²) in [4.78, 5) is 13.6. The molecule has 0 bridgehead atoms. The van der Waals surface area contributed by atoms with E-state index in [1.54, 1.807) is 33.0 Å². The van der Waals surface area contributed by atoms with E-state index in [1.807, 2.05) is 13.0 Å². The van der Waals surface area contributed by atoms with E-state index in [-0.39, 0.29) is 5.91 Å². The second-order valence-electron chi connectivity index (χ2n) is 4.94. The van der Waals surface area contributed by atoms with E-state index in [1.165, 1.54) is 4.90 Å². The van der Waals surface area contributed by atoms with Gasteiger partial charge in [0.25, 0.3) is 5.91 Å². The van der Waals surface area contributed by atoms with Crippen molar-refractivity contribution in [1.82, 2.24) is 4.90 Å². The SMILES string of the molecule is Cc1ccc(C(=O)N(C)CC(C)(C)O)cc1Br. The summed E-state index contributed by atoms with van der Waals surface area (Å²) in [6.45, 7) is 5.64. The molecular weight excluding hydrogens is 282 g/mol. The van der Waals surface area contributed by atoms with Gasteiger partial charge in [0, 0.05) is 23.6 Å². The lowest BCUT2D eigenvalue weighted by atomic mass is 10.1. The van der Waals surface area contributed by atoms with Crippen molar-refractivity contribution >= 4 is 21.8 Å². The Morgan fingerprint density at radius 2 is 2.06 bits per heavy atom. The molecular formula is C13H18BrNO2. The van der Waals surface area contributed by atoms with Gasteiger partial charge in [0.15, 0.2) is 0 Å². The van der Waals surface area contributed by atoms with Gasteiger partial charge in [0.2, 0.25) is 0 Å². The van der Waals surface area contributed by atoms with Gasteiger partial charge >= 0.3 is 0 Å². The van der Waals surface area contributed by atoms with Crippen molar-refractivity contribution in [2.24, 2.45) is 0 Å². The number of amides is 1. The fourth-order valence-electron chi connectivity index (χ4n) is 1.60. The predicted molar refractivity (Wildman–Crippen MR) is 72.1 cm³/mol. The number of nitrogens with zero attached hydrogens (tertiary/aromatic N) is 1. The zero-order valence-corrected chi connectivity index (χ0v) is 12.2. The molecule has 1 aromatic carbocycles. The second kappa shape index (κ2) is 5.19. The van der Waals surface area contributed by atoms with Gasteiger partial charge < -0.3 is 10.0 Å². The van der Waals surface area contributed by atoms with Gasteiger partial charge in [-0.1, -0.05) is 22.0 Å². The molecule has 0 heterocycles. The number of likely N-dealkylation sites (N-methyl/N-ethyl adjacent to an activating group) is 1. The summed E-state index contributed by atoms with van der Waals surface area (Å²) in [5, 5.41) is 9.68. The molecule has 1 aromatic rings. The highest BCUT2D eigenvalue weighted by atomic mass is 79.9. The number of aliphatic hydroxyl groups is 1. The van der Waals surface area contributed by atoms with Crippen LogP contribution >= 0.6 is 15.9 Å². The van der Waals surface area contributed by atoms with Crippen molar-refractivity contribution in [2.75, 3.05) is 13.6 Å². The lowest BCUT2D eigenvalue weighted by molar-refractivity contribution is 0.0368. The molecule has 4 heteroatoms. The molecule has 17 heavy (non-hydrogen) atoms. The monoisotopic (exact) mass is 299 g/mol. The zero-order chi connectivity index (χ0) is 13.2. The Hall–Kier alpha value is -0.870. The van der Waals surface area contributed by atoms with Crippen molar-refractivity contribution in [2.45, 2.75) is 26.4 Å². The van der Waals surface area contributed by atoms with E-state index in [4.69, 9.17) is 0 Å². The van der Waals surface area contributed by atoms with Crippen LogP contribution in [0.3, 0.4) is 0 Å². The molecule has 0 fully saturated rings. The molecule has 1 N–H and O–H groups in total. The number of carbonyl (C=O) groups excluding carboxylic acids is 1. The number of rotatable bonds is 3. The van der Waals surface area contributed by atoms with Crippen molar-refractivity contribution in [1.29, 1.82) is 0 Å². The maximum absolute atomic E-state index is 12.1. The number of aryl methyl sites for hydroxylation is 1. The minimum atomic E-state index is -0.883. The summed E-state index contributed by atoms with van der Waals surface area (Å²) in [6, 6.07) is 5.50. The van der Waals surface area contributed by atoms with Gasteiger partial charge in [-0.05, 0) is 38.5 Å². The van der Waals surface area contributed by atoms with Crippen molar-refractivity contribution in [3.05, 3.63) is 33.8 Å². The number of benzene rings is 1. The lowest BCUT2D eigenvalue weighted by Gasteiger charge is -2.25. The van der Waals surface area contributed by atoms with Crippen LogP contribution in [0.5, 0.6) is 0 Å². The molecule has 0 saturated carbocycles. The molecule has 0 unspecified atom stereocenters. The van der Waals surface area contributed by atoms with Gasteiger partial charge in [0.05, 0.1) is 5.60 Å². The fraction of sp³-hybridized carbons (Fsp3) is 0.462. The van der Waals surface area contributed by atoms with Crippen molar-refractivity contribution in [3.8, 4) is 0 Å². The Morgan fingerprint density at radius 3 is 2.53 bits per heavy atom. The van der Waals surface area contributed by atoms with Crippen LogP contribution in [-0.4, -0.2) is 35.1 Å². The summed E-state index contributed by atoms with van der Waals surface area (Å²) in [5.74, 6) is -0.0900. The van der Waals surface area contributed by atoms with Crippen LogP contribution in [0.15, 0.2) is 22.7 Å². The van der Waals surface area contributed by atoms with Crippen LogP contribution < -0.4 is 0 Å². The van der Waals surface area contributed by atoms with Gasteiger partial charge in [-0.25, -0.2) is 0 Å². The van der Waals surface area contributed by atoms with Crippen LogP contribution in [-0.2, 0) is 0 Å². The first-order valence-corrected chi connectivity index (χ1v) is 6.24. The molecule has 94 valence electrons. The number of hydrogen-bond acceptors (Lipinski definition) is 2. The average Bonchev–Trinajstić information content (AvgIpc) is 2.18. The molecule has 0 aromatic heterocycles. The highest BCUT2D eigenvalue weighted by molar-refractivity contribution is 9.10. The molecule has 0 aliphatic carbocycles. The van der Waals surface area contributed by atoms with Crippen molar-refractivity contribution in [3.63, 3.8) is 0 Å². The molecule has 0 aliphatic heterocycles. The minimum absolute atomic E-state index is 0.0900. The first kappa shape index (κ1) is 14.2. The largest absolute Gasteiger partial charge is 0.389 e. The summed E-state index contributed by atoms with van der Waals surface area (Å²) in [5.41, 5.74) is 0.827. The number of hydrogen-bond donors (Lipinski definition) is 1. The maximum atomic E-state index is 12.1. The van der Waals surface area contributed by atoms with Crippen LogP contribution in [0, 0.1) is 6.92 Å². The first-order valence-electron chi connectivity index (χ1n) is 5.45. The summed E-state index contributed by atoms with van der Waals surface area (Å²) in [7, 11) is 1.69. The van der Waals surface area contributed by atoms with Crippen LogP contribution in [0.25, 0.3) is 0 Å². The van der Waals surface area contributed by atoms with Gasteiger partial charge in [-0.2, -0.15) is 0 Å². The third kappa shape index (κ3) is 4.13. The van der Waals surface area contributed by atoms with Gasteiger partial charge in [-0.3, -0.25) is 4.79 Å². The molecule has 0 saturated heterocycles. The van der Waals surface area contributed by atoms with Crippen LogP contribution in [0.2, 0.25) is 0 Å². The quantitative estimate of drug-likeness (QED) is 0.932. The maximum Gasteiger partial charge on any atom is 0.253 e. The molecule has 0 atom stereocenters. The number of halogens is 1. The molecule has 0 aliphatic rings. The van der Waals surface area contributed by atoms with Crippen LogP contribution in [0.4, 0.5) is 0 Å². The average molecular weight is 300 g/mol. The van der Waals surface area contributed by atoms with E-state index in [0.717, 1.165) is 10.0 Å². The number of carbonyl (C=O) groups is 1. The first-order chi connectivity index (χ1) is 7.70. The Balaban J connectivity index is 2.85. The Morgan fingerprint density at radius 1 is 1.47 bits per heavy atom. The smallest absolute Gasteiger partial charge is 0.253 e. The molecule has 1 rings (SSSR count). The highest BCUT2D eigenvalue weighted by Gasteiger charge is 2.20. The Kier molecular flexibility index (Phi) is 4.33. The van der Waals surface area contributed by atoms with E-state index in [9.17, 15) is 9.90 Å². The summed E-state index contributed by atoms with van der Waals surface area (Å²) in [6.07, 6.45) is 0. The Bertz CT molecular complexity index is 424. The highest BCUT2D eigenvalue weighted by Crippen LogP contribution is 2.18. The minimum Gasteiger partial charge on any atom is -0.389 e. The van der Waals surface area contributed by atoms with Gasteiger partial charge in [-0.15, -0.1) is 0 Å². The topological polar surface area (TPSA) is 40.5 Å². The van der Waals surface area contributed by atoms with E-state index in [2.05, 4.69) is 15.9 Å². The lowest BCUT2D eigenvalue weighted by Crippen LogP contribution is -2.39. The van der Waals surface area contributed by atoms with Crippen LogP contribution in [0.1, 0.15) is 29.8 Å². The van der Waals surface area contributed by atoms with Crippen molar-refractivity contribution < 1.29 is 9.90 Å². The standard InChI is InChI=1S/C13H18BrNO2/c1-9-5-6-10(7-11(9)14)12(16)15(4)8-13(2,3)17/h5-7,17H,8H2,1-4H3. The Labute approximate surface area is 111 Å². The molecule has 0 spiro atoms. The van der Waals surface area contributed by atoms with E-state index in [0.29, 0.717) is 12.1 Å². The molecule has 3 nitrogen and oxygen atoms in total. The normalized spacial score (nSPS) is 11.4. The van der Waals surface area contributed by atoms with Gasteiger partial charge in [0.1, 0.15) is 0 Å². The van der Waals surface area contributed by atoms with E-state index < -0.39 is 5.60 Å². The zero-order valence-electron chi connectivity index (χ0n) is 10.6.